The van der Waals surface area contributed by atoms with E-state index in [-0.39, 0.29) is 11.8 Å². The van der Waals surface area contributed by atoms with E-state index in [4.69, 9.17) is 5.26 Å². The molecule has 1 aliphatic rings. The van der Waals surface area contributed by atoms with E-state index in [9.17, 15) is 4.79 Å². The highest BCUT2D eigenvalue weighted by Gasteiger charge is 2.29. The molecule has 1 amide bonds. The first-order valence-electron chi connectivity index (χ1n) is 5.13. The standard InChI is InChI=1S/C12H12N2OS/c1-16-11-5-2-8(7-13)6-10(11)14-12(15)9-3-4-9/h2,5-6,9H,3-4H2,1H3,(H,14,15). The van der Waals surface area contributed by atoms with Crippen LogP contribution in [0.25, 0.3) is 0 Å². The quantitative estimate of drug-likeness (QED) is 0.815. The minimum atomic E-state index is 0.0744. The molecule has 0 aromatic heterocycles. The van der Waals surface area contributed by atoms with Crippen LogP contribution in [-0.4, -0.2) is 12.2 Å². The molecule has 82 valence electrons. The van der Waals surface area contributed by atoms with Crippen molar-refractivity contribution in [3.63, 3.8) is 0 Å². The zero-order valence-corrected chi connectivity index (χ0v) is 9.80. The van der Waals surface area contributed by atoms with Crippen LogP contribution in [0.3, 0.4) is 0 Å². The number of nitrogens with one attached hydrogen (secondary N) is 1. The minimum absolute atomic E-state index is 0.0744. The zero-order chi connectivity index (χ0) is 11.5. The summed E-state index contributed by atoms with van der Waals surface area (Å²) in [6, 6.07) is 7.43. The Bertz CT molecular complexity index is 461. The van der Waals surface area contributed by atoms with Crippen LogP contribution in [-0.2, 0) is 4.79 Å². The fraction of sp³-hybridized carbons (Fsp3) is 0.333. The lowest BCUT2D eigenvalue weighted by Crippen LogP contribution is -2.14. The number of nitriles is 1. The van der Waals surface area contributed by atoms with Crippen molar-refractivity contribution in [3.8, 4) is 6.07 Å². The number of thioether (sulfide) groups is 1. The van der Waals surface area contributed by atoms with Gasteiger partial charge in [0, 0.05) is 10.8 Å². The Labute approximate surface area is 98.8 Å². The summed E-state index contributed by atoms with van der Waals surface area (Å²) < 4.78 is 0. The van der Waals surface area contributed by atoms with Crippen LogP contribution in [0.5, 0.6) is 0 Å². The maximum atomic E-state index is 11.6. The first kappa shape index (κ1) is 11.0. The Hall–Kier alpha value is -1.47. The highest BCUT2D eigenvalue weighted by atomic mass is 32.2. The average molecular weight is 232 g/mol. The Morgan fingerprint density at radius 3 is 2.88 bits per heavy atom. The molecule has 1 N–H and O–H groups in total. The molecular formula is C12H12N2OS. The maximum absolute atomic E-state index is 11.6. The summed E-state index contributed by atoms with van der Waals surface area (Å²) in [5.74, 6) is 0.255. The van der Waals surface area contributed by atoms with Gasteiger partial charge in [-0.2, -0.15) is 5.26 Å². The third-order valence-corrected chi connectivity index (χ3v) is 3.33. The number of nitrogens with zero attached hydrogens (tertiary/aromatic N) is 1. The van der Waals surface area contributed by atoms with Gasteiger partial charge in [-0.1, -0.05) is 0 Å². The number of rotatable bonds is 3. The SMILES string of the molecule is CSc1ccc(C#N)cc1NC(=O)C1CC1. The normalized spacial score (nSPS) is 14.2. The fourth-order valence-corrected chi connectivity index (χ4v) is 1.99. The van der Waals surface area contributed by atoms with Crippen molar-refractivity contribution in [2.45, 2.75) is 17.7 Å². The number of benzene rings is 1. The van der Waals surface area contributed by atoms with Crippen molar-refractivity contribution in [3.05, 3.63) is 23.8 Å². The molecule has 2 rings (SSSR count). The molecule has 0 bridgehead atoms. The van der Waals surface area contributed by atoms with Crippen molar-refractivity contribution in [1.82, 2.24) is 0 Å². The lowest BCUT2D eigenvalue weighted by atomic mass is 10.2. The van der Waals surface area contributed by atoms with Crippen LogP contribution in [0.1, 0.15) is 18.4 Å². The van der Waals surface area contributed by atoms with Crippen LogP contribution in [0.15, 0.2) is 23.1 Å². The highest BCUT2D eigenvalue weighted by molar-refractivity contribution is 7.98. The molecule has 0 atom stereocenters. The molecule has 0 saturated heterocycles. The molecule has 1 aliphatic carbocycles. The van der Waals surface area contributed by atoms with Crippen LogP contribution < -0.4 is 5.32 Å². The molecule has 4 heteroatoms. The summed E-state index contributed by atoms with van der Waals surface area (Å²) >= 11 is 1.56. The van der Waals surface area contributed by atoms with Crippen molar-refractivity contribution < 1.29 is 4.79 Å². The van der Waals surface area contributed by atoms with Gasteiger partial charge >= 0.3 is 0 Å². The first-order valence-corrected chi connectivity index (χ1v) is 6.36. The van der Waals surface area contributed by atoms with E-state index >= 15 is 0 Å². The molecule has 1 fully saturated rings. The molecule has 1 aromatic rings. The molecule has 0 heterocycles. The second-order valence-corrected chi connectivity index (χ2v) is 4.64. The van der Waals surface area contributed by atoms with Crippen molar-refractivity contribution in [2.75, 3.05) is 11.6 Å². The van der Waals surface area contributed by atoms with Gasteiger partial charge in [0.25, 0.3) is 0 Å². The van der Waals surface area contributed by atoms with Crippen molar-refractivity contribution in [1.29, 1.82) is 5.26 Å². The summed E-state index contributed by atoms with van der Waals surface area (Å²) in [6.07, 6.45) is 3.92. The average Bonchev–Trinajstić information content (AvgIpc) is 3.12. The number of hydrogen-bond donors (Lipinski definition) is 1. The maximum Gasteiger partial charge on any atom is 0.227 e. The number of carbonyl (C=O) groups excluding carboxylic acids is 1. The van der Waals surface area contributed by atoms with Gasteiger partial charge in [-0.05, 0) is 37.3 Å². The van der Waals surface area contributed by atoms with E-state index in [1.54, 1.807) is 23.9 Å². The van der Waals surface area contributed by atoms with Gasteiger partial charge in [-0.15, -0.1) is 11.8 Å². The summed E-state index contributed by atoms with van der Waals surface area (Å²) in [5.41, 5.74) is 1.33. The third kappa shape index (κ3) is 2.37. The van der Waals surface area contributed by atoms with Gasteiger partial charge in [0.2, 0.25) is 5.91 Å². The predicted octanol–water partition coefficient (Wildman–Crippen LogP) is 2.63. The second kappa shape index (κ2) is 4.58. The van der Waals surface area contributed by atoms with Crippen LogP contribution >= 0.6 is 11.8 Å². The van der Waals surface area contributed by atoms with Crippen LogP contribution in [0, 0.1) is 17.2 Å². The van der Waals surface area contributed by atoms with Gasteiger partial charge in [0.1, 0.15) is 0 Å². The Morgan fingerprint density at radius 2 is 2.31 bits per heavy atom. The number of anilines is 1. The van der Waals surface area contributed by atoms with E-state index in [1.165, 1.54) is 0 Å². The van der Waals surface area contributed by atoms with Gasteiger partial charge < -0.3 is 5.32 Å². The van der Waals surface area contributed by atoms with E-state index in [0.29, 0.717) is 5.56 Å². The zero-order valence-electron chi connectivity index (χ0n) is 8.99. The molecule has 0 radical (unpaired) electrons. The third-order valence-electron chi connectivity index (χ3n) is 2.53. The molecule has 16 heavy (non-hydrogen) atoms. The molecule has 1 saturated carbocycles. The Balaban J connectivity index is 2.22. The number of amides is 1. The topological polar surface area (TPSA) is 52.9 Å². The predicted molar refractivity (Wildman–Crippen MR) is 64.3 cm³/mol. The lowest BCUT2D eigenvalue weighted by molar-refractivity contribution is -0.117. The molecule has 0 aliphatic heterocycles. The molecular weight excluding hydrogens is 220 g/mol. The molecule has 0 spiro atoms. The molecule has 1 aromatic carbocycles. The second-order valence-electron chi connectivity index (χ2n) is 3.79. The van der Waals surface area contributed by atoms with Crippen LogP contribution in [0.4, 0.5) is 5.69 Å². The summed E-state index contributed by atoms with van der Waals surface area (Å²) in [5, 5.41) is 11.7. The van der Waals surface area contributed by atoms with E-state index < -0.39 is 0 Å². The molecule has 0 unspecified atom stereocenters. The summed E-state index contributed by atoms with van der Waals surface area (Å²) in [7, 11) is 0. The van der Waals surface area contributed by atoms with Crippen LogP contribution in [0.2, 0.25) is 0 Å². The van der Waals surface area contributed by atoms with E-state index in [2.05, 4.69) is 11.4 Å². The lowest BCUT2D eigenvalue weighted by Gasteiger charge is -2.09. The molecule has 3 nitrogen and oxygen atoms in total. The Morgan fingerprint density at radius 1 is 1.56 bits per heavy atom. The number of hydrogen-bond acceptors (Lipinski definition) is 3. The smallest absolute Gasteiger partial charge is 0.227 e. The summed E-state index contributed by atoms with van der Waals surface area (Å²) in [6.45, 7) is 0. The monoisotopic (exact) mass is 232 g/mol. The largest absolute Gasteiger partial charge is 0.325 e. The van der Waals surface area contributed by atoms with Gasteiger partial charge in [0.15, 0.2) is 0 Å². The highest BCUT2D eigenvalue weighted by Crippen LogP contribution is 2.32. The van der Waals surface area contributed by atoms with Gasteiger partial charge in [-0.25, -0.2) is 0 Å². The van der Waals surface area contributed by atoms with Crippen molar-refractivity contribution >= 4 is 23.4 Å². The van der Waals surface area contributed by atoms with Crippen molar-refractivity contribution in [2.24, 2.45) is 5.92 Å². The summed E-state index contributed by atoms with van der Waals surface area (Å²) in [4.78, 5) is 12.6. The minimum Gasteiger partial charge on any atom is -0.325 e. The van der Waals surface area contributed by atoms with Gasteiger partial charge in [-0.3, -0.25) is 4.79 Å². The number of carbonyl (C=O) groups is 1. The van der Waals surface area contributed by atoms with E-state index in [1.807, 2.05) is 12.3 Å². The first-order chi connectivity index (χ1) is 7.74. The van der Waals surface area contributed by atoms with E-state index in [0.717, 1.165) is 23.4 Å². The van der Waals surface area contributed by atoms with Gasteiger partial charge in [0.05, 0.1) is 17.3 Å². The fourth-order valence-electron chi connectivity index (χ4n) is 1.46. The Kier molecular flexibility index (Phi) is 3.16.